The molecule has 2 aliphatic heterocycles. The van der Waals surface area contributed by atoms with E-state index in [1.54, 1.807) is 12.1 Å². The molecule has 1 aromatic carbocycles. The summed E-state index contributed by atoms with van der Waals surface area (Å²) in [6.45, 7) is 6.62. The van der Waals surface area contributed by atoms with Crippen molar-refractivity contribution in [3.05, 3.63) is 93.6 Å². The second-order valence-corrected chi connectivity index (χ2v) is 14.7. The standard InChI is InChI=1S/C45H56N4O4/c1-4-7-10-13-16-31-34-23-24-36(46-34)32(17-14-11-8-5-2)41-43(50)44(51)42(49-41)33(18-15-12-9-6-3)37-26-28-39(48-37)40(38-27-25-35(31)47-38)29-19-21-30(22-20-29)45(52)53/h19-28,43-44,46-47,50-51H,4-18H2,1-3H3,(H,52,53)/t43-,44+/m1/s1. The van der Waals surface area contributed by atoms with Gasteiger partial charge in [0.2, 0.25) is 0 Å². The first kappa shape index (κ1) is 38.2. The summed E-state index contributed by atoms with van der Waals surface area (Å²) in [6.07, 6.45) is 17.0. The van der Waals surface area contributed by atoms with Gasteiger partial charge in [-0.2, -0.15) is 0 Å². The molecule has 8 nitrogen and oxygen atoms in total. The molecule has 0 aliphatic carbocycles. The molecule has 0 saturated carbocycles. The number of unbranched alkanes of at least 4 members (excludes halogenated alkanes) is 9. The van der Waals surface area contributed by atoms with E-state index in [2.05, 4.69) is 55.0 Å². The zero-order chi connectivity index (χ0) is 37.3. The molecule has 0 saturated heterocycles. The number of carboxylic acid groups (broad SMARTS) is 1. The summed E-state index contributed by atoms with van der Waals surface area (Å²) in [7, 11) is 0. The number of fused-ring (bicyclic) bond motifs is 8. The van der Waals surface area contributed by atoms with Gasteiger partial charge in [-0.3, -0.25) is 4.98 Å². The van der Waals surface area contributed by atoms with E-state index in [4.69, 9.17) is 9.97 Å². The van der Waals surface area contributed by atoms with Crippen molar-refractivity contribution in [2.45, 2.75) is 129 Å². The van der Waals surface area contributed by atoms with Gasteiger partial charge < -0.3 is 25.3 Å². The third kappa shape index (κ3) is 8.66. The van der Waals surface area contributed by atoms with E-state index in [0.717, 1.165) is 139 Å². The van der Waals surface area contributed by atoms with Crippen molar-refractivity contribution in [3.63, 3.8) is 0 Å². The Bertz CT molecular complexity index is 2070. The first-order chi connectivity index (χ1) is 25.8. The van der Waals surface area contributed by atoms with Gasteiger partial charge >= 0.3 is 5.97 Å². The maximum absolute atomic E-state index is 11.8. The van der Waals surface area contributed by atoms with Crippen LogP contribution in [-0.2, 0) is 19.3 Å². The van der Waals surface area contributed by atoms with Crippen LogP contribution in [0.4, 0.5) is 0 Å². The molecule has 2 aliphatic rings. The Hall–Kier alpha value is -4.53. The van der Waals surface area contributed by atoms with E-state index >= 15 is 0 Å². The third-order valence-corrected chi connectivity index (χ3v) is 10.8. The highest BCUT2D eigenvalue weighted by atomic mass is 16.4. The molecule has 0 fully saturated rings. The number of benzene rings is 1. The molecule has 8 bridgehead atoms. The maximum atomic E-state index is 11.8. The van der Waals surface area contributed by atoms with Crippen LogP contribution in [0.5, 0.6) is 0 Å². The van der Waals surface area contributed by atoms with E-state index < -0.39 is 18.2 Å². The monoisotopic (exact) mass is 716 g/mol. The van der Waals surface area contributed by atoms with Crippen molar-refractivity contribution in [1.29, 1.82) is 0 Å². The number of nitrogens with zero attached hydrogens (tertiary/aromatic N) is 2. The van der Waals surface area contributed by atoms with Crippen LogP contribution < -0.4 is 0 Å². The lowest BCUT2D eigenvalue weighted by Crippen LogP contribution is -2.08. The second-order valence-electron chi connectivity index (χ2n) is 14.7. The minimum atomic E-state index is -1.17. The smallest absolute Gasteiger partial charge is 0.335 e. The lowest BCUT2D eigenvalue weighted by molar-refractivity contribution is 0.0244. The molecule has 0 spiro atoms. The van der Waals surface area contributed by atoms with Crippen LogP contribution in [0.2, 0.25) is 0 Å². The maximum Gasteiger partial charge on any atom is 0.335 e. The minimum absolute atomic E-state index is 0.221. The Morgan fingerprint density at radius 2 is 1.04 bits per heavy atom. The van der Waals surface area contributed by atoms with Crippen molar-refractivity contribution in [2.75, 3.05) is 0 Å². The number of carbonyl (C=O) groups is 1. The fraction of sp³-hybridized carbons (Fsp3) is 0.444. The van der Waals surface area contributed by atoms with Crippen molar-refractivity contribution in [1.82, 2.24) is 19.9 Å². The number of carboxylic acids is 1. The number of aromatic nitrogens is 4. The Morgan fingerprint density at radius 1 is 0.566 bits per heavy atom. The molecule has 4 aromatic rings. The van der Waals surface area contributed by atoms with Crippen molar-refractivity contribution in [3.8, 4) is 11.1 Å². The van der Waals surface area contributed by atoms with E-state index in [9.17, 15) is 20.1 Å². The Morgan fingerprint density at radius 3 is 1.60 bits per heavy atom. The number of H-pyrrole nitrogens is 2. The number of aromatic amines is 2. The second kappa shape index (κ2) is 18.0. The predicted molar refractivity (Wildman–Crippen MR) is 216 cm³/mol. The normalized spacial score (nSPS) is 15.3. The number of hydrogen-bond donors (Lipinski definition) is 5. The number of hydrogen-bond acceptors (Lipinski definition) is 5. The third-order valence-electron chi connectivity index (χ3n) is 10.8. The SMILES string of the molecule is CCCCCCc1c2nc(c(-c3ccc(C(=O)O)cc3)c3ccc([nH]3)c(CCCCCC)c3ccc([nH]3)c(CCCCCC)c3nc1[C@H](O)[C@@H]3O)C=C2. The van der Waals surface area contributed by atoms with Gasteiger partial charge in [0.25, 0.3) is 0 Å². The molecule has 0 unspecified atom stereocenters. The number of aliphatic hydroxyl groups is 2. The first-order valence-corrected chi connectivity index (χ1v) is 20.0. The molecule has 0 amide bonds. The highest BCUT2D eigenvalue weighted by Gasteiger charge is 2.34. The fourth-order valence-corrected chi connectivity index (χ4v) is 7.80. The average Bonchev–Trinajstić information content (AvgIpc) is 3.99. The molecule has 6 rings (SSSR count). The summed E-state index contributed by atoms with van der Waals surface area (Å²) in [4.78, 5) is 29.6. The van der Waals surface area contributed by atoms with Crippen molar-refractivity contribution >= 4 is 40.2 Å². The summed E-state index contributed by atoms with van der Waals surface area (Å²) in [6, 6.07) is 15.4. The van der Waals surface area contributed by atoms with E-state index in [0.29, 0.717) is 17.8 Å². The number of nitrogens with one attached hydrogen (secondary N) is 2. The molecule has 280 valence electrons. The lowest BCUT2D eigenvalue weighted by Gasteiger charge is -2.13. The summed E-state index contributed by atoms with van der Waals surface area (Å²) in [5.74, 6) is -0.971. The average molecular weight is 717 g/mol. The van der Waals surface area contributed by atoms with Crippen LogP contribution in [0.1, 0.15) is 160 Å². The summed E-state index contributed by atoms with van der Waals surface area (Å²) < 4.78 is 0. The van der Waals surface area contributed by atoms with Crippen LogP contribution in [0.15, 0.2) is 48.5 Å². The van der Waals surface area contributed by atoms with Gasteiger partial charge in [0.05, 0.1) is 28.3 Å². The van der Waals surface area contributed by atoms with Crippen LogP contribution in [0, 0.1) is 0 Å². The number of aromatic carboxylic acids is 1. The molecular weight excluding hydrogens is 661 g/mol. The van der Waals surface area contributed by atoms with Gasteiger partial charge in [0, 0.05) is 33.2 Å². The summed E-state index contributed by atoms with van der Waals surface area (Å²) in [5, 5.41) is 33.1. The van der Waals surface area contributed by atoms with Gasteiger partial charge in [-0.05, 0) is 104 Å². The van der Waals surface area contributed by atoms with Gasteiger partial charge in [-0.25, -0.2) is 9.78 Å². The quantitative estimate of drug-likeness (QED) is 0.0608. The molecule has 8 heteroatoms. The van der Waals surface area contributed by atoms with E-state index in [1.807, 2.05) is 24.3 Å². The molecule has 3 aromatic heterocycles. The van der Waals surface area contributed by atoms with Crippen LogP contribution >= 0.6 is 0 Å². The minimum Gasteiger partial charge on any atom is -0.478 e. The molecule has 5 heterocycles. The van der Waals surface area contributed by atoms with E-state index in [1.165, 1.54) is 12.0 Å². The number of rotatable bonds is 17. The van der Waals surface area contributed by atoms with Gasteiger partial charge in [-0.15, -0.1) is 0 Å². The Balaban J connectivity index is 1.68. The zero-order valence-corrected chi connectivity index (χ0v) is 31.7. The summed E-state index contributed by atoms with van der Waals surface area (Å²) >= 11 is 0. The molecule has 5 N–H and O–H groups in total. The van der Waals surface area contributed by atoms with Crippen molar-refractivity contribution in [2.24, 2.45) is 0 Å². The van der Waals surface area contributed by atoms with Gasteiger partial charge in [-0.1, -0.05) is 90.7 Å². The van der Waals surface area contributed by atoms with Crippen LogP contribution in [-0.4, -0.2) is 41.2 Å². The van der Waals surface area contributed by atoms with Crippen molar-refractivity contribution < 1.29 is 20.1 Å². The fourth-order valence-electron chi connectivity index (χ4n) is 7.80. The largest absolute Gasteiger partial charge is 0.478 e. The van der Waals surface area contributed by atoms with E-state index in [-0.39, 0.29) is 5.56 Å². The lowest BCUT2D eigenvalue weighted by atomic mass is 9.98. The highest BCUT2D eigenvalue weighted by molar-refractivity contribution is 5.93. The Kier molecular flexibility index (Phi) is 13.0. The van der Waals surface area contributed by atoms with Crippen LogP contribution in [0.25, 0.3) is 45.3 Å². The van der Waals surface area contributed by atoms with Gasteiger partial charge in [0.1, 0.15) is 12.2 Å². The molecule has 53 heavy (non-hydrogen) atoms. The summed E-state index contributed by atoms with van der Waals surface area (Å²) in [5.41, 5.74) is 11.3. The highest BCUT2D eigenvalue weighted by Crippen LogP contribution is 2.39. The topological polar surface area (TPSA) is 135 Å². The predicted octanol–water partition coefficient (Wildman–Crippen LogP) is 11.0. The Labute approximate surface area is 313 Å². The van der Waals surface area contributed by atoms with Crippen LogP contribution in [0.3, 0.4) is 0 Å². The molecule has 0 radical (unpaired) electrons. The first-order valence-electron chi connectivity index (χ1n) is 20.0. The number of aryl methyl sites for hydroxylation is 2. The molecule has 2 atom stereocenters. The molecular formula is C45H56N4O4. The van der Waals surface area contributed by atoms with Gasteiger partial charge in [0.15, 0.2) is 0 Å². The zero-order valence-electron chi connectivity index (χ0n) is 31.7. The number of aliphatic hydroxyl groups excluding tert-OH is 2.